The third-order valence-electron chi connectivity index (χ3n) is 3.85. The summed E-state index contributed by atoms with van der Waals surface area (Å²) in [4.78, 5) is 39.5. The fraction of sp³-hybridized carbons (Fsp3) is 0.0556. The molecular formula is C18H13N3O6S. The lowest BCUT2D eigenvalue weighted by atomic mass is 10.1. The molecule has 0 spiro atoms. The summed E-state index contributed by atoms with van der Waals surface area (Å²) in [5.74, 6) is -1.62. The highest BCUT2D eigenvalue weighted by atomic mass is 32.2. The van der Waals surface area contributed by atoms with Crippen molar-refractivity contribution in [3.63, 3.8) is 0 Å². The molecule has 1 amide bonds. The minimum atomic E-state index is -1.05. The highest BCUT2D eigenvalue weighted by Gasteiger charge is 2.30. The van der Waals surface area contributed by atoms with Crippen LogP contribution in [0, 0.1) is 10.1 Å². The van der Waals surface area contributed by atoms with Crippen LogP contribution < -0.4 is 0 Å². The van der Waals surface area contributed by atoms with E-state index in [-0.39, 0.29) is 33.4 Å². The van der Waals surface area contributed by atoms with Crippen LogP contribution in [0.3, 0.4) is 0 Å². The van der Waals surface area contributed by atoms with E-state index in [0.29, 0.717) is 10.9 Å². The molecule has 142 valence electrons. The van der Waals surface area contributed by atoms with E-state index in [9.17, 15) is 24.8 Å². The van der Waals surface area contributed by atoms with Gasteiger partial charge in [-0.2, -0.15) is 0 Å². The molecular weight excluding hydrogens is 386 g/mol. The number of phenolic OH excluding ortho intramolecular Hbond substituents is 1. The van der Waals surface area contributed by atoms with E-state index in [1.54, 1.807) is 0 Å². The summed E-state index contributed by atoms with van der Waals surface area (Å²) < 4.78 is 0. The number of hydrogen-bond donors (Lipinski definition) is 2. The Bertz CT molecular complexity index is 1050. The van der Waals surface area contributed by atoms with Crippen molar-refractivity contribution >= 4 is 46.3 Å². The van der Waals surface area contributed by atoms with Gasteiger partial charge in [-0.05, 0) is 48.2 Å². The number of aromatic hydroxyl groups is 1. The van der Waals surface area contributed by atoms with Gasteiger partial charge in [-0.3, -0.25) is 19.8 Å². The molecule has 9 nitrogen and oxygen atoms in total. The second-order valence-corrected chi connectivity index (χ2v) is 6.73. The number of nitro groups is 1. The number of hydrogen-bond acceptors (Lipinski definition) is 7. The van der Waals surface area contributed by atoms with E-state index < -0.39 is 10.9 Å². The fourth-order valence-corrected chi connectivity index (χ4v) is 3.33. The molecule has 0 unspecified atom stereocenters. The number of rotatable bonds is 4. The quantitative estimate of drug-likeness (QED) is 0.458. The average Bonchev–Trinajstić information content (AvgIpc) is 2.91. The van der Waals surface area contributed by atoms with Gasteiger partial charge in [0.1, 0.15) is 5.75 Å². The lowest BCUT2D eigenvalue weighted by Crippen LogP contribution is -2.23. The Hall–Kier alpha value is -3.66. The van der Waals surface area contributed by atoms with Crippen LogP contribution in [0.15, 0.2) is 52.4 Å². The van der Waals surface area contributed by atoms with Crippen molar-refractivity contribution in [2.24, 2.45) is 4.99 Å². The number of carbonyl (C=O) groups excluding carboxylic acids is 1. The van der Waals surface area contributed by atoms with Gasteiger partial charge in [0.05, 0.1) is 21.1 Å². The summed E-state index contributed by atoms with van der Waals surface area (Å²) in [5, 5.41) is 30.1. The van der Waals surface area contributed by atoms with Gasteiger partial charge >= 0.3 is 5.97 Å². The lowest BCUT2D eigenvalue weighted by Gasteiger charge is -2.07. The largest absolute Gasteiger partial charge is 0.507 e. The zero-order valence-corrected chi connectivity index (χ0v) is 15.2. The first-order valence-electron chi connectivity index (χ1n) is 7.83. The van der Waals surface area contributed by atoms with Crippen LogP contribution in [0.25, 0.3) is 6.08 Å². The van der Waals surface area contributed by atoms with E-state index in [1.165, 1.54) is 60.5 Å². The summed E-state index contributed by atoms with van der Waals surface area (Å²) >= 11 is 1.04. The van der Waals surface area contributed by atoms with Crippen molar-refractivity contribution in [1.82, 2.24) is 4.90 Å². The summed E-state index contributed by atoms with van der Waals surface area (Å²) in [6.07, 6.45) is 1.36. The van der Waals surface area contributed by atoms with Crippen molar-refractivity contribution in [1.29, 1.82) is 0 Å². The number of nitrogens with zero attached hydrogens (tertiary/aromatic N) is 3. The first kappa shape index (κ1) is 19.1. The monoisotopic (exact) mass is 399 g/mol. The number of nitro benzene ring substituents is 1. The number of carboxylic acid groups (broad SMARTS) is 1. The Balaban J connectivity index is 1.91. The van der Waals surface area contributed by atoms with Crippen LogP contribution in [0.2, 0.25) is 0 Å². The molecule has 0 bridgehead atoms. The zero-order chi connectivity index (χ0) is 20.4. The number of carboxylic acids is 1. The number of benzene rings is 2. The fourth-order valence-electron chi connectivity index (χ4n) is 2.35. The topological polar surface area (TPSA) is 133 Å². The van der Waals surface area contributed by atoms with Gasteiger partial charge < -0.3 is 10.2 Å². The van der Waals surface area contributed by atoms with E-state index >= 15 is 0 Å². The predicted molar refractivity (Wildman–Crippen MR) is 104 cm³/mol. The second-order valence-electron chi connectivity index (χ2n) is 5.72. The standard InChI is InChI=1S/C18H13N3O6S/c1-20-16(23)15(9-11-8-13(21(26)27)6-7-14(11)22)28-18(20)19-12-4-2-10(3-5-12)17(24)25/h2-9,22H,1H3,(H,24,25)/b15-9-,19-18?. The second kappa shape index (κ2) is 7.53. The van der Waals surface area contributed by atoms with Crippen molar-refractivity contribution < 1.29 is 24.7 Å². The van der Waals surface area contributed by atoms with Gasteiger partial charge in [0.15, 0.2) is 5.17 Å². The lowest BCUT2D eigenvalue weighted by molar-refractivity contribution is -0.384. The summed E-state index contributed by atoms with van der Waals surface area (Å²) in [6, 6.07) is 9.38. The molecule has 0 aromatic heterocycles. The molecule has 10 heteroatoms. The van der Waals surface area contributed by atoms with Gasteiger partial charge in [-0.1, -0.05) is 0 Å². The highest BCUT2D eigenvalue weighted by molar-refractivity contribution is 8.18. The molecule has 0 radical (unpaired) electrons. The number of aliphatic imine (C=N–C) groups is 1. The number of aromatic carboxylic acids is 1. The molecule has 28 heavy (non-hydrogen) atoms. The molecule has 1 aliphatic rings. The SMILES string of the molecule is CN1C(=O)/C(=C/c2cc([N+](=O)[O-])ccc2O)SC1=Nc1ccc(C(=O)O)cc1. The maximum absolute atomic E-state index is 12.4. The number of non-ortho nitro benzene ring substituents is 1. The Morgan fingerprint density at radius 2 is 1.93 bits per heavy atom. The molecule has 2 N–H and O–H groups in total. The smallest absolute Gasteiger partial charge is 0.335 e. The normalized spacial score (nSPS) is 16.8. The predicted octanol–water partition coefficient (Wildman–Crippen LogP) is 3.23. The molecule has 2 aromatic rings. The Morgan fingerprint density at radius 3 is 2.54 bits per heavy atom. The Kier molecular flexibility index (Phi) is 5.14. The van der Waals surface area contributed by atoms with Crippen LogP contribution in [0.4, 0.5) is 11.4 Å². The van der Waals surface area contributed by atoms with Crippen LogP contribution >= 0.6 is 11.8 Å². The van der Waals surface area contributed by atoms with Crippen LogP contribution in [-0.2, 0) is 4.79 Å². The third-order valence-corrected chi connectivity index (χ3v) is 4.91. The van der Waals surface area contributed by atoms with Gasteiger partial charge in [0.2, 0.25) is 0 Å². The Labute approximate surface area is 162 Å². The van der Waals surface area contributed by atoms with E-state index in [0.717, 1.165) is 11.8 Å². The molecule has 0 atom stereocenters. The van der Waals surface area contributed by atoms with Crippen LogP contribution in [-0.4, -0.2) is 44.1 Å². The molecule has 1 aliphatic heterocycles. The molecule has 1 heterocycles. The first-order chi connectivity index (χ1) is 13.3. The van der Waals surface area contributed by atoms with Gasteiger partial charge in [0.25, 0.3) is 11.6 Å². The maximum Gasteiger partial charge on any atom is 0.335 e. The van der Waals surface area contributed by atoms with Crippen molar-refractivity contribution in [2.75, 3.05) is 7.05 Å². The van der Waals surface area contributed by atoms with Crippen molar-refractivity contribution in [3.05, 3.63) is 68.6 Å². The summed E-state index contributed by atoms with van der Waals surface area (Å²) in [7, 11) is 1.52. The number of likely N-dealkylation sites (N-methyl/N-ethyl adjacent to an activating group) is 1. The summed E-state index contributed by atoms with van der Waals surface area (Å²) in [5.41, 5.74) is 0.521. The number of phenols is 1. The van der Waals surface area contributed by atoms with E-state index in [2.05, 4.69) is 4.99 Å². The number of amides is 1. The first-order valence-corrected chi connectivity index (χ1v) is 8.65. The van der Waals surface area contributed by atoms with Gasteiger partial charge in [-0.15, -0.1) is 0 Å². The average molecular weight is 399 g/mol. The van der Waals surface area contributed by atoms with Crippen LogP contribution in [0.5, 0.6) is 5.75 Å². The van der Waals surface area contributed by atoms with Gasteiger partial charge in [0, 0.05) is 24.7 Å². The highest BCUT2D eigenvalue weighted by Crippen LogP contribution is 2.35. The van der Waals surface area contributed by atoms with E-state index in [4.69, 9.17) is 5.11 Å². The van der Waals surface area contributed by atoms with Crippen molar-refractivity contribution in [2.45, 2.75) is 0 Å². The minimum absolute atomic E-state index is 0.120. The number of carbonyl (C=O) groups is 2. The van der Waals surface area contributed by atoms with Crippen LogP contribution in [0.1, 0.15) is 15.9 Å². The number of amidine groups is 1. The molecule has 2 aromatic carbocycles. The summed E-state index contributed by atoms with van der Waals surface area (Å²) in [6.45, 7) is 0. The molecule has 0 saturated carbocycles. The van der Waals surface area contributed by atoms with Gasteiger partial charge in [-0.25, -0.2) is 9.79 Å². The maximum atomic E-state index is 12.4. The Morgan fingerprint density at radius 1 is 1.25 bits per heavy atom. The zero-order valence-electron chi connectivity index (χ0n) is 14.4. The van der Waals surface area contributed by atoms with Crippen molar-refractivity contribution in [3.8, 4) is 5.75 Å². The third kappa shape index (κ3) is 3.86. The molecule has 0 aliphatic carbocycles. The molecule has 1 fully saturated rings. The minimum Gasteiger partial charge on any atom is -0.507 e. The number of thioether (sulfide) groups is 1. The molecule has 3 rings (SSSR count). The van der Waals surface area contributed by atoms with E-state index in [1.807, 2.05) is 0 Å². The molecule has 1 saturated heterocycles.